The summed E-state index contributed by atoms with van der Waals surface area (Å²) in [6, 6.07) is 15.0. The lowest BCUT2D eigenvalue weighted by molar-refractivity contribution is 0.102. The van der Waals surface area contributed by atoms with Gasteiger partial charge in [-0.1, -0.05) is 41.4 Å². The molecular formula is C35H37Cl2FN6O4. The molecule has 0 unspecified atom stereocenters. The number of halogens is 3. The van der Waals surface area contributed by atoms with Crippen LogP contribution >= 0.6 is 23.2 Å². The molecule has 1 fully saturated rings. The first-order chi connectivity index (χ1) is 23.0. The van der Waals surface area contributed by atoms with Gasteiger partial charge in [0.1, 0.15) is 11.2 Å². The molecule has 0 aliphatic carbocycles. The van der Waals surface area contributed by atoms with Crippen molar-refractivity contribution in [1.29, 1.82) is 0 Å². The maximum absolute atomic E-state index is 15.0. The third kappa shape index (κ3) is 8.10. The van der Waals surface area contributed by atoms with E-state index in [1.807, 2.05) is 26.0 Å². The zero-order valence-electron chi connectivity index (χ0n) is 27.0. The molecule has 1 amide bonds. The zero-order valence-corrected chi connectivity index (χ0v) is 28.5. The number of amides is 1. The van der Waals surface area contributed by atoms with E-state index in [1.165, 1.54) is 12.3 Å². The smallest absolute Gasteiger partial charge is 0.262 e. The van der Waals surface area contributed by atoms with Crippen LogP contribution in [0.3, 0.4) is 0 Å². The Morgan fingerprint density at radius 2 is 1.79 bits per heavy atom. The number of nitrogens with zero attached hydrogens (tertiary/aromatic N) is 4. The van der Waals surface area contributed by atoms with Crippen LogP contribution in [0.2, 0.25) is 10.0 Å². The number of benzene rings is 3. The predicted molar refractivity (Wildman–Crippen MR) is 185 cm³/mol. The number of anilines is 3. The fraction of sp³-hybridized carbons (Fsp3) is 0.343. The van der Waals surface area contributed by atoms with Gasteiger partial charge in [-0.05, 0) is 57.6 Å². The molecule has 252 valence electrons. The highest BCUT2D eigenvalue weighted by Crippen LogP contribution is 2.44. The third-order valence-electron chi connectivity index (χ3n) is 8.12. The van der Waals surface area contributed by atoms with Crippen LogP contribution in [0.5, 0.6) is 23.1 Å². The van der Waals surface area contributed by atoms with Gasteiger partial charge in [0, 0.05) is 62.7 Å². The van der Waals surface area contributed by atoms with Gasteiger partial charge in [0.15, 0.2) is 23.1 Å². The monoisotopic (exact) mass is 694 g/mol. The summed E-state index contributed by atoms with van der Waals surface area (Å²) in [5.41, 5.74) is 1.18. The Bertz CT molecular complexity index is 1780. The van der Waals surface area contributed by atoms with E-state index in [0.717, 1.165) is 44.7 Å². The molecule has 2 aliphatic heterocycles. The maximum Gasteiger partial charge on any atom is 0.262 e. The molecule has 3 heterocycles. The van der Waals surface area contributed by atoms with E-state index >= 15 is 4.39 Å². The second-order valence-electron chi connectivity index (χ2n) is 12.5. The van der Waals surface area contributed by atoms with Crippen molar-refractivity contribution in [2.45, 2.75) is 32.3 Å². The average molecular weight is 696 g/mol. The molecule has 2 N–H and O–H groups in total. The van der Waals surface area contributed by atoms with Gasteiger partial charge in [-0.15, -0.1) is 0 Å². The Morgan fingerprint density at radius 3 is 2.54 bits per heavy atom. The summed E-state index contributed by atoms with van der Waals surface area (Å²) in [6.07, 6.45) is 2.80. The van der Waals surface area contributed by atoms with Crippen LogP contribution in [-0.4, -0.2) is 77.7 Å². The normalized spacial score (nSPS) is 15.8. The molecule has 0 radical (unpaired) electrons. The van der Waals surface area contributed by atoms with Crippen molar-refractivity contribution >= 4 is 46.4 Å². The molecule has 48 heavy (non-hydrogen) atoms. The SMILES string of the molecule is CN1CCN(CCCOc2ccc(Nc3ncc(C(=O)Nc4c(Cl)cccc4Cl)c(Oc4cccc5c4OC(C)(C)C5)n3)cc2F)CC1. The Kier molecular flexibility index (Phi) is 10.2. The van der Waals surface area contributed by atoms with Gasteiger partial charge in [0.05, 0.1) is 22.3 Å². The minimum Gasteiger partial charge on any atom is -0.490 e. The first-order valence-corrected chi connectivity index (χ1v) is 16.5. The number of likely N-dealkylation sites (N-methyl/N-ethyl adjacent to an activating group) is 1. The fourth-order valence-electron chi connectivity index (χ4n) is 5.60. The topological polar surface area (TPSA) is 101 Å². The van der Waals surface area contributed by atoms with Crippen molar-refractivity contribution in [2.24, 2.45) is 0 Å². The average Bonchev–Trinajstić information content (AvgIpc) is 3.38. The summed E-state index contributed by atoms with van der Waals surface area (Å²) in [7, 11) is 2.13. The highest BCUT2D eigenvalue weighted by atomic mass is 35.5. The summed E-state index contributed by atoms with van der Waals surface area (Å²) in [5.74, 6) is 0.00548. The van der Waals surface area contributed by atoms with Crippen molar-refractivity contribution in [3.63, 3.8) is 0 Å². The van der Waals surface area contributed by atoms with Crippen LogP contribution in [0.1, 0.15) is 36.2 Å². The molecule has 13 heteroatoms. The minimum absolute atomic E-state index is 0.0119. The number of rotatable bonds is 11. The van der Waals surface area contributed by atoms with Crippen LogP contribution in [0.25, 0.3) is 0 Å². The number of fused-ring (bicyclic) bond motifs is 1. The van der Waals surface area contributed by atoms with Crippen molar-refractivity contribution in [1.82, 2.24) is 19.8 Å². The second-order valence-corrected chi connectivity index (χ2v) is 13.3. The number of aromatic nitrogens is 2. The number of piperazine rings is 1. The Balaban J connectivity index is 1.19. The van der Waals surface area contributed by atoms with E-state index in [9.17, 15) is 4.79 Å². The molecule has 1 aromatic heterocycles. The van der Waals surface area contributed by atoms with Crippen LogP contribution in [0.15, 0.2) is 60.8 Å². The van der Waals surface area contributed by atoms with Gasteiger partial charge in [0.2, 0.25) is 11.8 Å². The molecule has 6 rings (SSSR count). The number of ether oxygens (including phenoxy) is 3. The van der Waals surface area contributed by atoms with Crippen LogP contribution in [0.4, 0.5) is 21.7 Å². The number of nitrogens with one attached hydrogen (secondary N) is 2. The Labute approximate surface area is 289 Å². The van der Waals surface area contributed by atoms with Gasteiger partial charge < -0.3 is 34.6 Å². The molecule has 3 aromatic carbocycles. The molecule has 10 nitrogen and oxygen atoms in total. The molecule has 0 saturated carbocycles. The van der Waals surface area contributed by atoms with Gasteiger partial charge in [-0.25, -0.2) is 9.37 Å². The largest absolute Gasteiger partial charge is 0.490 e. The molecule has 0 spiro atoms. The summed E-state index contributed by atoms with van der Waals surface area (Å²) < 4.78 is 33.2. The van der Waals surface area contributed by atoms with Crippen molar-refractivity contribution < 1.29 is 23.4 Å². The molecular weight excluding hydrogens is 658 g/mol. The Hall–Kier alpha value is -4.16. The quantitative estimate of drug-likeness (QED) is 0.155. The van der Waals surface area contributed by atoms with E-state index < -0.39 is 17.3 Å². The summed E-state index contributed by atoms with van der Waals surface area (Å²) >= 11 is 12.6. The summed E-state index contributed by atoms with van der Waals surface area (Å²) in [4.78, 5) is 27.1. The number of carbonyl (C=O) groups is 1. The van der Waals surface area contributed by atoms with Gasteiger partial charge >= 0.3 is 0 Å². The highest BCUT2D eigenvalue weighted by molar-refractivity contribution is 6.40. The van der Waals surface area contributed by atoms with Crippen molar-refractivity contribution in [3.05, 3.63) is 87.8 Å². The van der Waals surface area contributed by atoms with E-state index in [2.05, 4.69) is 37.4 Å². The standard InChI is InChI=1S/C35H37Cl2FN6O4/c1-35(2)20-22-7-4-10-29(31(22)48-35)47-33-24(32(45)41-30-25(36)8-5-9-26(30)37)21-39-34(42-33)40-23-11-12-28(27(38)19-23)46-18-6-13-44-16-14-43(3)15-17-44/h4-5,7-12,19,21H,6,13-18,20H2,1-3H3,(H,41,45)(H,39,40,42). The fourth-order valence-corrected chi connectivity index (χ4v) is 6.09. The highest BCUT2D eigenvalue weighted by Gasteiger charge is 2.33. The molecule has 4 aromatic rings. The lowest BCUT2D eigenvalue weighted by Crippen LogP contribution is -2.44. The van der Waals surface area contributed by atoms with E-state index in [-0.39, 0.29) is 38.9 Å². The molecule has 0 bridgehead atoms. The lowest BCUT2D eigenvalue weighted by atomic mass is 10.0. The second kappa shape index (κ2) is 14.5. The van der Waals surface area contributed by atoms with Crippen molar-refractivity contribution in [2.75, 3.05) is 57.0 Å². The van der Waals surface area contributed by atoms with Crippen LogP contribution in [-0.2, 0) is 6.42 Å². The molecule has 2 aliphatic rings. The zero-order chi connectivity index (χ0) is 33.8. The summed E-state index contributed by atoms with van der Waals surface area (Å²) in [6.45, 7) is 9.45. The van der Waals surface area contributed by atoms with Gasteiger partial charge in [-0.3, -0.25) is 4.79 Å². The predicted octanol–water partition coefficient (Wildman–Crippen LogP) is 7.44. The maximum atomic E-state index is 15.0. The number of hydrogen-bond acceptors (Lipinski definition) is 9. The van der Waals surface area contributed by atoms with E-state index in [0.29, 0.717) is 30.2 Å². The van der Waals surface area contributed by atoms with Gasteiger partial charge in [0.25, 0.3) is 5.91 Å². The van der Waals surface area contributed by atoms with Gasteiger partial charge in [-0.2, -0.15) is 4.98 Å². The van der Waals surface area contributed by atoms with E-state index in [1.54, 1.807) is 36.4 Å². The first kappa shape index (κ1) is 33.7. The number of carbonyl (C=O) groups excluding carboxylic acids is 1. The Morgan fingerprint density at radius 1 is 1.04 bits per heavy atom. The minimum atomic E-state index is -0.597. The molecule has 1 saturated heterocycles. The molecule has 0 atom stereocenters. The number of hydrogen-bond donors (Lipinski definition) is 2. The van der Waals surface area contributed by atoms with Crippen LogP contribution < -0.4 is 24.8 Å². The van der Waals surface area contributed by atoms with Crippen molar-refractivity contribution in [3.8, 4) is 23.1 Å². The lowest BCUT2D eigenvalue weighted by Gasteiger charge is -2.32. The van der Waals surface area contributed by atoms with E-state index in [4.69, 9.17) is 37.4 Å². The number of para-hydroxylation sites is 2. The third-order valence-corrected chi connectivity index (χ3v) is 8.75. The van der Waals surface area contributed by atoms with Crippen LogP contribution in [0, 0.1) is 5.82 Å². The summed E-state index contributed by atoms with van der Waals surface area (Å²) in [5, 5.41) is 6.25. The first-order valence-electron chi connectivity index (χ1n) is 15.8.